The maximum absolute atomic E-state index is 12.5. The quantitative estimate of drug-likeness (QED) is 0.891. The smallest absolute Gasteiger partial charge is 0.317 e. The molecule has 1 N–H and O–H groups in total. The first kappa shape index (κ1) is 15.5. The minimum absolute atomic E-state index is 0.0362. The number of rotatable bonds is 6. The highest BCUT2D eigenvalue weighted by Gasteiger charge is 2.23. The van der Waals surface area contributed by atoms with Crippen LogP contribution in [0.4, 0.5) is 4.79 Å². The Kier molecular flexibility index (Phi) is 4.90. The standard InChI is InChI=1S/C17H23N5O/c1-21(10-14-6-5-7-14)17(23)20-16(11-22-13-18-12-19-22)15-8-3-2-4-9-15/h2-4,8-9,12-14,16H,5-7,10-11H2,1H3,(H,20,23)/t16-/m1/s1. The summed E-state index contributed by atoms with van der Waals surface area (Å²) in [5.74, 6) is 0.663. The van der Waals surface area contributed by atoms with E-state index in [9.17, 15) is 4.79 Å². The molecule has 122 valence electrons. The molecule has 0 radical (unpaired) electrons. The van der Waals surface area contributed by atoms with E-state index in [1.165, 1.54) is 25.6 Å². The Morgan fingerprint density at radius 3 is 2.78 bits per heavy atom. The van der Waals surface area contributed by atoms with Gasteiger partial charge in [0.15, 0.2) is 0 Å². The van der Waals surface area contributed by atoms with E-state index in [1.54, 1.807) is 15.9 Å². The first-order valence-electron chi connectivity index (χ1n) is 8.11. The molecule has 1 heterocycles. The number of aromatic nitrogens is 3. The van der Waals surface area contributed by atoms with Gasteiger partial charge in [-0.25, -0.2) is 9.78 Å². The molecule has 1 atom stereocenters. The Morgan fingerprint density at radius 1 is 1.39 bits per heavy atom. The zero-order valence-corrected chi connectivity index (χ0v) is 13.4. The molecule has 3 rings (SSSR count). The van der Waals surface area contributed by atoms with Gasteiger partial charge in [-0.15, -0.1) is 0 Å². The van der Waals surface area contributed by atoms with Crippen LogP contribution in [0.3, 0.4) is 0 Å². The molecule has 0 saturated heterocycles. The first-order valence-corrected chi connectivity index (χ1v) is 8.11. The van der Waals surface area contributed by atoms with Crippen LogP contribution >= 0.6 is 0 Å². The van der Waals surface area contributed by atoms with Crippen LogP contribution in [0.2, 0.25) is 0 Å². The average molecular weight is 313 g/mol. The van der Waals surface area contributed by atoms with E-state index in [-0.39, 0.29) is 12.1 Å². The van der Waals surface area contributed by atoms with Crippen molar-refractivity contribution in [2.45, 2.75) is 31.8 Å². The minimum atomic E-state index is -0.130. The van der Waals surface area contributed by atoms with Gasteiger partial charge in [0, 0.05) is 13.6 Å². The van der Waals surface area contributed by atoms with Crippen molar-refractivity contribution in [3.63, 3.8) is 0 Å². The van der Waals surface area contributed by atoms with Crippen LogP contribution in [0.1, 0.15) is 30.9 Å². The van der Waals surface area contributed by atoms with Gasteiger partial charge in [-0.3, -0.25) is 4.68 Å². The van der Waals surface area contributed by atoms with Gasteiger partial charge in [0.2, 0.25) is 0 Å². The summed E-state index contributed by atoms with van der Waals surface area (Å²) in [5.41, 5.74) is 1.06. The molecule has 1 saturated carbocycles. The lowest BCUT2D eigenvalue weighted by Gasteiger charge is -2.31. The molecule has 0 aliphatic heterocycles. The Balaban J connectivity index is 1.66. The van der Waals surface area contributed by atoms with Gasteiger partial charge in [-0.1, -0.05) is 36.8 Å². The summed E-state index contributed by atoms with van der Waals surface area (Å²) in [6.07, 6.45) is 6.93. The van der Waals surface area contributed by atoms with Crippen LogP contribution in [0.25, 0.3) is 0 Å². The highest BCUT2D eigenvalue weighted by Crippen LogP contribution is 2.26. The van der Waals surface area contributed by atoms with E-state index >= 15 is 0 Å². The van der Waals surface area contributed by atoms with Crippen molar-refractivity contribution in [3.8, 4) is 0 Å². The van der Waals surface area contributed by atoms with Gasteiger partial charge in [0.1, 0.15) is 12.7 Å². The third-order valence-corrected chi connectivity index (χ3v) is 4.44. The molecular formula is C17H23N5O. The van der Waals surface area contributed by atoms with Gasteiger partial charge in [0.25, 0.3) is 0 Å². The van der Waals surface area contributed by atoms with E-state index in [2.05, 4.69) is 15.4 Å². The monoisotopic (exact) mass is 313 g/mol. The Bertz CT molecular complexity index is 609. The molecular weight excluding hydrogens is 290 g/mol. The second kappa shape index (κ2) is 7.26. The van der Waals surface area contributed by atoms with E-state index < -0.39 is 0 Å². The van der Waals surface area contributed by atoms with E-state index in [0.29, 0.717) is 12.5 Å². The van der Waals surface area contributed by atoms with Crippen LogP contribution in [-0.4, -0.2) is 39.3 Å². The highest BCUT2D eigenvalue weighted by molar-refractivity contribution is 5.74. The van der Waals surface area contributed by atoms with Crippen LogP contribution < -0.4 is 5.32 Å². The lowest BCUT2D eigenvalue weighted by Crippen LogP contribution is -2.43. The van der Waals surface area contributed by atoms with Gasteiger partial charge in [-0.2, -0.15) is 5.10 Å². The largest absolute Gasteiger partial charge is 0.329 e. The topological polar surface area (TPSA) is 63.1 Å². The fraction of sp³-hybridized carbons (Fsp3) is 0.471. The second-order valence-electron chi connectivity index (χ2n) is 6.21. The van der Waals surface area contributed by atoms with Crippen LogP contribution in [0, 0.1) is 5.92 Å². The molecule has 2 amide bonds. The number of carbonyl (C=O) groups is 1. The molecule has 6 heteroatoms. The molecule has 2 aromatic rings. The van der Waals surface area contributed by atoms with Crippen molar-refractivity contribution < 1.29 is 4.79 Å². The van der Waals surface area contributed by atoms with E-state index in [1.807, 2.05) is 37.4 Å². The summed E-state index contributed by atoms with van der Waals surface area (Å²) in [6.45, 7) is 1.39. The summed E-state index contributed by atoms with van der Waals surface area (Å²) < 4.78 is 1.74. The van der Waals surface area contributed by atoms with Crippen molar-refractivity contribution in [3.05, 3.63) is 48.5 Å². The van der Waals surface area contributed by atoms with Crippen LogP contribution in [0.15, 0.2) is 43.0 Å². The van der Waals surface area contributed by atoms with Gasteiger partial charge >= 0.3 is 6.03 Å². The Hall–Kier alpha value is -2.37. The van der Waals surface area contributed by atoms with Crippen molar-refractivity contribution in [1.29, 1.82) is 0 Å². The molecule has 0 spiro atoms. The average Bonchev–Trinajstić information content (AvgIpc) is 3.04. The van der Waals surface area contributed by atoms with Crippen molar-refractivity contribution in [1.82, 2.24) is 25.0 Å². The first-order chi connectivity index (χ1) is 11.2. The number of carbonyl (C=O) groups excluding carboxylic acids is 1. The predicted molar refractivity (Wildman–Crippen MR) is 87.7 cm³/mol. The third kappa shape index (κ3) is 4.09. The van der Waals surface area contributed by atoms with E-state index in [0.717, 1.165) is 12.1 Å². The predicted octanol–water partition coefficient (Wildman–Crippen LogP) is 2.46. The third-order valence-electron chi connectivity index (χ3n) is 4.44. The van der Waals surface area contributed by atoms with Gasteiger partial charge in [-0.05, 0) is 24.3 Å². The second-order valence-corrected chi connectivity index (χ2v) is 6.21. The van der Waals surface area contributed by atoms with Crippen LogP contribution in [0.5, 0.6) is 0 Å². The number of hydrogen-bond donors (Lipinski definition) is 1. The molecule has 1 fully saturated rings. The maximum Gasteiger partial charge on any atom is 0.317 e. The number of nitrogens with zero attached hydrogens (tertiary/aromatic N) is 4. The van der Waals surface area contributed by atoms with Gasteiger partial charge < -0.3 is 10.2 Å². The molecule has 0 unspecified atom stereocenters. The SMILES string of the molecule is CN(CC1CCC1)C(=O)N[C@H](Cn1cncn1)c1ccccc1. The molecule has 23 heavy (non-hydrogen) atoms. The molecule has 1 aliphatic carbocycles. The van der Waals surface area contributed by atoms with Crippen molar-refractivity contribution in [2.24, 2.45) is 5.92 Å². The zero-order valence-electron chi connectivity index (χ0n) is 13.4. The Labute approximate surface area is 136 Å². The molecule has 1 aliphatic rings. The summed E-state index contributed by atoms with van der Waals surface area (Å²) in [4.78, 5) is 18.3. The van der Waals surface area contributed by atoms with Gasteiger partial charge in [0.05, 0.1) is 12.6 Å². The normalized spacial score (nSPS) is 15.7. The molecule has 1 aromatic carbocycles. The zero-order chi connectivity index (χ0) is 16.1. The number of hydrogen-bond acceptors (Lipinski definition) is 3. The lowest BCUT2D eigenvalue weighted by molar-refractivity contribution is 0.178. The summed E-state index contributed by atoms with van der Waals surface area (Å²) in [6, 6.07) is 9.81. The minimum Gasteiger partial charge on any atom is -0.329 e. The number of amides is 2. The number of urea groups is 1. The van der Waals surface area contributed by atoms with Crippen molar-refractivity contribution >= 4 is 6.03 Å². The van der Waals surface area contributed by atoms with Crippen molar-refractivity contribution in [2.75, 3.05) is 13.6 Å². The molecule has 1 aromatic heterocycles. The van der Waals surface area contributed by atoms with Crippen LogP contribution in [-0.2, 0) is 6.54 Å². The fourth-order valence-electron chi connectivity index (χ4n) is 2.84. The fourth-order valence-corrected chi connectivity index (χ4v) is 2.84. The number of benzene rings is 1. The number of nitrogens with one attached hydrogen (secondary N) is 1. The summed E-state index contributed by atoms with van der Waals surface area (Å²) in [7, 11) is 1.87. The molecule has 0 bridgehead atoms. The summed E-state index contributed by atoms with van der Waals surface area (Å²) in [5, 5.41) is 7.27. The Morgan fingerprint density at radius 2 is 2.17 bits per heavy atom. The molecule has 6 nitrogen and oxygen atoms in total. The maximum atomic E-state index is 12.5. The highest BCUT2D eigenvalue weighted by atomic mass is 16.2. The summed E-state index contributed by atoms with van der Waals surface area (Å²) >= 11 is 0. The lowest BCUT2D eigenvalue weighted by atomic mass is 9.85. The van der Waals surface area contributed by atoms with E-state index in [4.69, 9.17) is 0 Å².